The van der Waals surface area contributed by atoms with Gasteiger partial charge in [0.05, 0.1) is 79.8 Å². The van der Waals surface area contributed by atoms with Gasteiger partial charge < -0.3 is 62.8 Å². The number of unbranched alkanes of at least 4 members (excludes halogenated alkanes) is 3. The van der Waals surface area contributed by atoms with Crippen LogP contribution < -0.4 is 34.0 Å². The second kappa shape index (κ2) is 17.9. The first-order valence-electron chi connectivity index (χ1n) is 16.9. The van der Waals surface area contributed by atoms with E-state index in [1.165, 1.54) is 48.9 Å². The van der Waals surface area contributed by atoms with Gasteiger partial charge in [0.1, 0.15) is 0 Å². The number of piperidine rings is 2. The summed E-state index contributed by atoms with van der Waals surface area (Å²) in [6.07, 6.45) is 11.3. The van der Waals surface area contributed by atoms with Crippen molar-refractivity contribution in [1.82, 2.24) is 10.1 Å². The molecule has 10 heteroatoms. The van der Waals surface area contributed by atoms with Crippen LogP contribution >= 0.6 is 0 Å². The second-order valence-electron chi connectivity index (χ2n) is 17.6. The number of ether oxygens (including phenoxy) is 2. The summed E-state index contributed by atoms with van der Waals surface area (Å²) in [7, 11) is 9.42. The van der Waals surface area contributed by atoms with Gasteiger partial charge in [-0.3, -0.25) is 0 Å². The molecular weight excluding hydrogens is 688 g/mol. The van der Waals surface area contributed by atoms with Gasteiger partial charge in [0.2, 0.25) is 0 Å². The zero-order valence-electron chi connectivity index (χ0n) is 30.7. The smallest absolute Gasteiger partial charge is 0.0804 e. The summed E-state index contributed by atoms with van der Waals surface area (Å²) in [5, 5.41) is 24.1. The molecule has 0 spiro atoms. The van der Waals surface area contributed by atoms with Crippen LogP contribution in [0.5, 0.6) is 0 Å². The Labute approximate surface area is 293 Å². The molecule has 0 aromatic carbocycles. The molecule has 0 amide bonds. The van der Waals surface area contributed by atoms with E-state index in [1.807, 2.05) is 0 Å². The maximum Gasteiger partial charge on any atom is 0.0804 e. The van der Waals surface area contributed by atoms with E-state index in [-0.39, 0.29) is 68.3 Å². The van der Waals surface area contributed by atoms with E-state index in [0.717, 1.165) is 73.8 Å². The maximum atomic E-state index is 10.5. The van der Waals surface area contributed by atoms with Crippen LogP contribution in [-0.2, 0) is 9.47 Å². The molecule has 0 aliphatic carbocycles. The fraction of sp³-hybridized carbons (Fsp3) is 1.00. The molecule has 266 valence electrons. The molecule has 44 heavy (non-hydrogen) atoms. The van der Waals surface area contributed by atoms with Crippen molar-refractivity contribution in [1.29, 1.82) is 0 Å². The van der Waals surface area contributed by atoms with Crippen LogP contribution in [0, 0.1) is 0 Å². The lowest BCUT2D eigenvalue weighted by atomic mass is 9.80. The standard InChI is InChI=1S/C34H72N4O4.2BrH/c1-31(2)25-29(26-32(3,4)35(31)39)41-23-17-21-37(9,10)19-15-13-14-16-20-38(11,12)22-18-24-42-30-27-33(5,6)36(40)34(7,8)28-30;;/h29-30,39-40H,13-28H2,1-12H3;2*1H/q+2;;/p-2. The van der Waals surface area contributed by atoms with Gasteiger partial charge in [-0.25, -0.2) is 0 Å². The van der Waals surface area contributed by atoms with Gasteiger partial charge in [-0.15, -0.1) is 0 Å². The lowest BCUT2D eigenvalue weighted by molar-refractivity contribution is -0.891. The minimum atomic E-state index is -0.251. The van der Waals surface area contributed by atoms with Crippen LogP contribution in [0.4, 0.5) is 0 Å². The SMILES string of the molecule is CC1(C)CC(OCCC[N+](C)(C)CCCCCC[N+](C)(C)CCCOC2CC(C)(C)N(O)C(C)(C)C2)CC(C)(C)N1O.[Br-].[Br-]. The first-order chi connectivity index (χ1) is 19.1. The number of hydrogen-bond donors (Lipinski definition) is 2. The molecule has 0 aromatic rings. The number of quaternary nitrogens is 2. The minimum Gasteiger partial charge on any atom is -1.00 e. The van der Waals surface area contributed by atoms with E-state index in [9.17, 15) is 10.4 Å². The highest BCUT2D eigenvalue weighted by Crippen LogP contribution is 2.39. The van der Waals surface area contributed by atoms with Crippen molar-refractivity contribution in [3.8, 4) is 0 Å². The van der Waals surface area contributed by atoms with Crippen molar-refractivity contribution >= 4 is 0 Å². The Morgan fingerprint density at radius 1 is 0.500 bits per heavy atom. The van der Waals surface area contributed by atoms with Gasteiger partial charge in [-0.2, -0.15) is 10.1 Å². The summed E-state index contributed by atoms with van der Waals surface area (Å²) in [4.78, 5) is 0. The van der Waals surface area contributed by atoms with E-state index < -0.39 is 0 Å². The summed E-state index contributed by atoms with van der Waals surface area (Å²) in [6.45, 7) is 23.2. The number of rotatable bonds is 17. The first-order valence-corrected chi connectivity index (χ1v) is 16.9. The van der Waals surface area contributed by atoms with E-state index in [4.69, 9.17) is 9.47 Å². The normalized spacial score (nSPS) is 22.8. The maximum absolute atomic E-state index is 10.5. The van der Waals surface area contributed by atoms with E-state index >= 15 is 0 Å². The molecule has 2 aliphatic heterocycles. The second-order valence-corrected chi connectivity index (χ2v) is 17.6. The highest BCUT2D eigenvalue weighted by atomic mass is 79.9. The van der Waals surface area contributed by atoms with Gasteiger partial charge in [0.15, 0.2) is 0 Å². The summed E-state index contributed by atoms with van der Waals surface area (Å²) in [5.74, 6) is 0. The fourth-order valence-corrected chi connectivity index (χ4v) is 7.74. The van der Waals surface area contributed by atoms with Gasteiger partial charge in [-0.05, 0) is 107 Å². The minimum absolute atomic E-state index is 0. The third-order valence-corrected chi connectivity index (χ3v) is 10.0. The lowest BCUT2D eigenvalue weighted by Gasteiger charge is -2.51. The quantitative estimate of drug-likeness (QED) is 0.165. The van der Waals surface area contributed by atoms with Crippen molar-refractivity contribution in [2.75, 3.05) is 67.6 Å². The van der Waals surface area contributed by atoms with Crippen molar-refractivity contribution in [3.63, 3.8) is 0 Å². The Kier molecular flexibility index (Phi) is 18.1. The van der Waals surface area contributed by atoms with Crippen LogP contribution in [0.15, 0.2) is 0 Å². The van der Waals surface area contributed by atoms with Gasteiger partial charge in [-0.1, -0.05) is 0 Å². The van der Waals surface area contributed by atoms with Crippen LogP contribution in [0.3, 0.4) is 0 Å². The molecule has 2 saturated heterocycles. The average molecular weight is 761 g/mol. The summed E-state index contributed by atoms with van der Waals surface area (Å²) >= 11 is 0. The molecule has 0 bridgehead atoms. The van der Waals surface area contributed by atoms with Crippen molar-refractivity contribution in [2.24, 2.45) is 0 Å². The molecular formula is C34H72Br2N4O4. The Morgan fingerprint density at radius 2 is 0.750 bits per heavy atom. The molecule has 0 saturated carbocycles. The van der Waals surface area contributed by atoms with E-state index in [2.05, 4.69) is 83.6 Å². The van der Waals surface area contributed by atoms with Crippen molar-refractivity contribution < 1.29 is 62.8 Å². The van der Waals surface area contributed by atoms with E-state index in [1.54, 1.807) is 0 Å². The molecule has 0 unspecified atom stereocenters. The van der Waals surface area contributed by atoms with E-state index in [0.29, 0.717) is 0 Å². The predicted octanol–water partition coefficient (Wildman–Crippen LogP) is 0.343. The first kappa shape index (κ1) is 44.6. The zero-order valence-corrected chi connectivity index (χ0v) is 33.9. The number of hydrogen-bond acceptors (Lipinski definition) is 6. The molecule has 0 aromatic heterocycles. The van der Waals surface area contributed by atoms with Crippen LogP contribution in [-0.4, -0.2) is 131 Å². The Balaban J connectivity index is 0.00000924. The highest BCUT2D eigenvalue weighted by Gasteiger charge is 2.46. The third-order valence-electron chi connectivity index (χ3n) is 10.0. The van der Waals surface area contributed by atoms with Crippen molar-refractivity contribution in [2.45, 2.75) is 154 Å². The summed E-state index contributed by atoms with van der Waals surface area (Å²) in [5.41, 5.74) is -1.00. The van der Waals surface area contributed by atoms with Gasteiger partial charge in [0, 0.05) is 35.0 Å². The molecule has 2 N–H and O–H groups in total. The largest absolute Gasteiger partial charge is 1.00 e. The zero-order chi connectivity index (χ0) is 32.0. The fourth-order valence-electron chi connectivity index (χ4n) is 7.74. The predicted molar refractivity (Wildman–Crippen MR) is 173 cm³/mol. The summed E-state index contributed by atoms with van der Waals surface area (Å²) in [6, 6.07) is 0. The van der Waals surface area contributed by atoms with Crippen molar-refractivity contribution in [3.05, 3.63) is 0 Å². The molecule has 2 aliphatic rings. The van der Waals surface area contributed by atoms with Crippen LogP contribution in [0.1, 0.15) is 120 Å². The number of halogens is 2. The Bertz CT molecular complexity index is 721. The molecule has 0 radical (unpaired) electrons. The number of hydroxylamine groups is 4. The summed E-state index contributed by atoms with van der Waals surface area (Å²) < 4.78 is 14.7. The van der Waals surface area contributed by atoms with Gasteiger partial charge >= 0.3 is 0 Å². The molecule has 2 rings (SSSR count). The molecule has 0 atom stereocenters. The topological polar surface area (TPSA) is 65.4 Å². The lowest BCUT2D eigenvalue weighted by Crippen LogP contribution is -3.00. The number of nitrogens with zero attached hydrogens (tertiary/aromatic N) is 4. The Hall–Kier alpha value is 0.640. The average Bonchev–Trinajstić information content (AvgIpc) is 2.83. The third kappa shape index (κ3) is 14.4. The highest BCUT2D eigenvalue weighted by molar-refractivity contribution is 4.97. The monoisotopic (exact) mass is 758 g/mol. The van der Waals surface area contributed by atoms with Gasteiger partial charge in [0.25, 0.3) is 0 Å². The van der Waals surface area contributed by atoms with Crippen LogP contribution in [0.2, 0.25) is 0 Å². The van der Waals surface area contributed by atoms with Crippen LogP contribution in [0.25, 0.3) is 0 Å². The molecule has 2 fully saturated rings. The molecule has 2 heterocycles. The molecule has 8 nitrogen and oxygen atoms in total. The Morgan fingerprint density at radius 3 is 1.02 bits per heavy atom.